The van der Waals surface area contributed by atoms with Crippen LogP contribution in [0.5, 0.6) is 0 Å². The Morgan fingerprint density at radius 2 is 1.88 bits per heavy atom. The number of likely N-dealkylation sites (tertiary alicyclic amines) is 1. The van der Waals surface area contributed by atoms with E-state index in [9.17, 15) is 22.0 Å². The van der Waals surface area contributed by atoms with Gasteiger partial charge in [0.05, 0.1) is 18.9 Å². The maximum atomic E-state index is 15.6. The van der Waals surface area contributed by atoms with Crippen molar-refractivity contribution in [2.24, 2.45) is 5.41 Å². The lowest BCUT2D eigenvalue weighted by Crippen LogP contribution is -2.53. The normalized spacial score (nSPS) is 25.4. The lowest BCUT2D eigenvalue weighted by Gasteiger charge is -2.34. The average Bonchev–Trinajstić information content (AvgIpc) is 3.44. The number of ether oxygens (including phenoxy) is 1. The van der Waals surface area contributed by atoms with E-state index in [0.717, 1.165) is 37.3 Å². The van der Waals surface area contributed by atoms with Gasteiger partial charge in [0, 0.05) is 35.5 Å². The molecule has 5 rings (SSSR count). The SMILES string of the molecule is CS(=O)(=O)N[C@@H]1[C@H](Cc2cc(F)cc(-c3ccccc3F)c2F)N(C(=O)C2CCO2)CC12CC2. The number of benzene rings is 2. The van der Waals surface area contributed by atoms with E-state index in [1.54, 1.807) is 4.90 Å². The van der Waals surface area contributed by atoms with Crippen molar-refractivity contribution in [3.8, 4) is 11.1 Å². The fraction of sp³-hybridized carbons (Fsp3) is 0.458. The molecule has 2 saturated heterocycles. The quantitative estimate of drug-likeness (QED) is 0.670. The summed E-state index contributed by atoms with van der Waals surface area (Å²) >= 11 is 0. The van der Waals surface area contributed by atoms with Gasteiger partial charge in [-0.25, -0.2) is 26.3 Å². The highest BCUT2D eigenvalue weighted by Gasteiger charge is 2.61. The van der Waals surface area contributed by atoms with Crippen LogP contribution in [-0.4, -0.2) is 56.8 Å². The molecule has 1 unspecified atom stereocenters. The van der Waals surface area contributed by atoms with Gasteiger partial charge >= 0.3 is 0 Å². The summed E-state index contributed by atoms with van der Waals surface area (Å²) in [5.74, 6) is -2.51. The molecule has 3 atom stereocenters. The van der Waals surface area contributed by atoms with E-state index < -0.39 is 51.1 Å². The van der Waals surface area contributed by atoms with Gasteiger partial charge < -0.3 is 9.64 Å². The van der Waals surface area contributed by atoms with E-state index in [-0.39, 0.29) is 29.0 Å². The molecule has 2 aromatic carbocycles. The van der Waals surface area contributed by atoms with E-state index in [2.05, 4.69) is 4.72 Å². The zero-order valence-corrected chi connectivity index (χ0v) is 19.4. The van der Waals surface area contributed by atoms with Crippen molar-refractivity contribution in [3.05, 3.63) is 59.4 Å². The van der Waals surface area contributed by atoms with Crippen LogP contribution in [0.3, 0.4) is 0 Å². The lowest BCUT2D eigenvalue weighted by molar-refractivity contribution is -0.157. The first-order valence-electron chi connectivity index (χ1n) is 11.2. The van der Waals surface area contributed by atoms with Crippen molar-refractivity contribution in [1.29, 1.82) is 0 Å². The molecule has 10 heteroatoms. The average molecular weight is 495 g/mol. The van der Waals surface area contributed by atoms with E-state index in [1.165, 1.54) is 18.2 Å². The Morgan fingerprint density at radius 3 is 2.47 bits per heavy atom. The van der Waals surface area contributed by atoms with Crippen molar-refractivity contribution in [2.75, 3.05) is 19.4 Å². The van der Waals surface area contributed by atoms with Crippen molar-refractivity contribution in [2.45, 2.75) is 43.9 Å². The Bertz CT molecular complexity index is 1240. The molecule has 6 nitrogen and oxygen atoms in total. The van der Waals surface area contributed by atoms with Crippen LogP contribution in [0.4, 0.5) is 13.2 Å². The second-order valence-corrected chi connectivity index (χ2v) is 11.3. The van der Waals surface area contributed by atoms with Crippen molar-refractivity contribution in [3.63, 3.8) is 0 Å². The van der Waals surface area contributed by atoms with Gasteiger partial charge in [0.15, 0.2) is 0 Å². The van der Waals surface area contributed by atoms with Gasteiger partial charge in [0.1, 0.15) is 23.6 Å². The number of hydrogen-bond donors (Lipinski definition) is 1. The first-order chi connectivity index (χ1) is 16.1. The van der Waals surface area contributed by atoms with Gasteiger partial charge in [0.2, 0.25) is 10.0 Å². The predicted octanol–water partition coefficient (Wildman–Crippen LogP) is 3.01. The molecule has 34 heavy (non-hydrogen) atoms. The van der Waals surface area contributed by atoms with Crippen LogP contribution in [0.1, 0.15) is 24.8 Å². The van der Waals surface area contributed by atoms with Crippen LogP contribution < -0.4 is 4.72 Å². The van der Waals surface area contributed by atoms with Crippen molar-refractivity contribution < 1.29 is 31.1 Å². The molecule has 0 aromatic heterocycles. The van der Waals surface area contributed by atoms with Gasteiger partial charge in [-0.1, -0.05) is 18.2 Å². The summed E-state index contributed by atoms with van der Waals surface area (Å²) in [5, 5.41) is 0. The third kappa shape index (κ3) is 4.23. The van der Waals surface area contributed by atoms with Crippen LogP contribution in [0, 0.1) is 22.9 Å². The van der Waals surface area contributed by atoms with Crippen LogP contribution >= 0.6 is 0 Å². The highest BCUT2D eigenvalue weighted by Crippen LogP contribution is 2.56. The molecule has 0 radical (unpaired) electrons. The highest BCUT2D eigenvalue weighted by molar-refractivity contribution is 7.88. The fourth-order valence-corrected chi connectivity index (χ4v) is 6.06. The Morgan fingerprint density at radius 1 is 1.18 bits per heavy atom. The van der Waals surface area contributed by atoms with E-state index in [1.807, 2.05) is 0 Å². The Balaban J connectivity index is 1.55. The van der Waals surface area contributed by atoms with E-state index in [0.29, 0.717) is 19.6 Å². The first-order valence-corrected chi connectivity index (χ1v) is 13.1. The number of halogens is 3. The van der Waals surface area contributed by atoms with Gasteiger partial charge in [0.25, 0.3) is 5.91 Å². The summed E-state index contributed by atoms with van der Waals surface area (Å²) in [7, 11) is -3.64. The minimum atomic E-state index is -3.64. The summed E-state index contributed by atoms with van der Waals surface area (Å²) in [4.78, 5) is 14.7. The van der Waals surface area contributed by atoms with Crippen molar-refractivity contribution >= 4 is 15.9 Å². The monoisotopic (exact) mass is 494 g/mol. The van der Waals surface area contributed by atoms with Gasteiger partial charge in [-0.3, -0.25) is 4.79 Å². The summed E-state index contributed by atoms with van der Waals surface area (Å²) in [5.41, 5.74) is -0.785. The number of carbonyl (C=O) groups excluding carboxylic acids is 1. The third-order valence-electron chi connectivity index (χ3n) is 7.13. The minimum Gasteiger partial charge on any atom is -0.368 e. The molecule has 2 heterocycles. The minimum absolute atomic E-state index is 0.0476. The molecule has 182 valence electrons. The number of hydrogen-bond acceptors (Lipinski definition) is 4. The number of amides is 1. The molecule has 1 saturated carbocycles. The number of carbonyl (C=O) groups is 1. The van der Waals surface area contributed by atoms with Gasteiger partial charge in [-0.05, 0) is 43.0 Å². The van der Waals surface area contributed by atoms with Gasteiger partial charge in [-0.2, -0.15) is 0 Å². The maximum absolute atomic E-state index is 15.6. The van der Waals surface area contributed by atoms with E-state index in [4.69, 9.17) is 4.74 Å². The number of sulfonamides is 1. The molecule has 1 aliphatic carbocycles. The predicted molar refractivity (Wildman–Crippen MR) is 119 cm³/mol. The highest BCUT2D eigenvalue weighted by atomic mass is 32.2. The maximum Gasteiger partial charge on any atom is 0.252 e. The molecule has 1 amide bonds. The van der Waals surface area contributed by atoms with E-state index >= 15 is 4.39 Å². The van der Waals surface area contributed by atoms with Crippen LogP contribution in [0.25, 0.3) is 11.1 Å². The van der Waals surface area contributed by atoms with Crippen LogP contribution in [0.15, 0.2) is 36.4 Å². The summed E-state index contributed by atoms with van der Waals surface area (Å²) in [6.45, 7) is 0.788. The molecule has 2 aliphatic heterocycles. The standard InChI is InChI=1S/C24H25F3N2O4S/c1-34(31,32)28-22-19(29(13-24(22)7-8-24)23(30)20-6-9-33-20)11-14-10-15(25)12-17(21(14)27)16-4-2-3-5-18(16)26/h2-5,10,12,19-20,22,28H,6-9,11,13H2,1H3/t19-,20?,22+/m0/s1. The topological polar surface area (TPSA) is 75.7 Å². The molecule has 1 spiro atoms. The zero-order valence-electron chi connectivity index (χ0n) is 18.6. The number of rotatable bonds is 6. The summed E-state index contributed by atoms with van der Waals surface area (Å²) in [6.07, 6.45) is 2.31. The molecule has 0 bridgehead atoms. The van der Waals surface area contributed by atoms with Gasteiger partial charge in [-0.15, -0.1) is 0 Å². The second-order valence-electron chi connectivity index (χ2n) is 9.52. The molecular weight excluding hydrogens is 469 g/mol. The summed E-state index contributed by atoms with van der Waals surface area (Å²) < 4.78 is 76.9. The molecule has 3 fully saturated rings. The van der Waals surface area contributed by atoms with Crippen LogP contribution in [-0.2, 0) is 26.0 Å². The Kier molecular flexibility index (Phi) is 5.73. The van der Waals surface area contributed by atoms with Crippen molar-refractivity contribution in [1.82, 2.24) is 9.62 Å². The Hall–Kier alpha value is -2.43. The molecule has 1 N–H and O–H groups in total. The Labute approximate surface area is 196 Å². The second kappa shape index (κ2) is 8.35. The zero-order chi connectivity index (χ0) is 24.3. The first kappa shape index (κ1) is 23.3. The summed E-state index contributed by atoms with van der Waals surface area (Å²) in [6, 6.07) is 6.09. The molecule has 3 aliphatic rings. The molecular formula is C24H25F3N2O4S. The smallest absolute Gasteiger partial charge is 0.252 e. The number of nitrogens with zero attached hydrogens (tertiary/aromatic N) is 1. The number of nitrogens with one attached hydrogen (secondary N) is 1. The van der Waals surface area contributed by atoms with Crippen LogP contribution in [0.2, 0.25) is 0 Å². The molecule has 2 aromatic rings. The fourth-order valence-electron chi connectivity index (χ4n) is 5.19. The lowest BCUT2D eigenvalue weighted by atomic mass is 9.91. The third-order valence-corrected chi connectivity index (χ3v) is 7.81. The largest absolute Gasteiger partial charge is 0.368 e.